The van der Waals surface area contributed by atoms with Gasteiger partial charge in [0.15, 0.2) is 22.5 Å². The maximum atomic E-state index is 12.6. The summed E-state index contributed by atoms with van der Waals surface area (Å²) in [4.78, 5) is 43.7. The third-order valence-electron chi connectivity index (χ3n) is 4.17. The van der Waals surface area contributed by atoms with Crippen LogP contribution < -0.4 is 31.4 Å². The number of benzene rings is 1. The maximum absolute atomic E-state index is 12.6. The number of anilines is 3. The fraction of sp³-hybridized carbons (Fsp3) is 0.263. The highest BCUT2D eigenvalue weighted by Crippen LogP contribution is 2.28. The predicted octanol–water partition coefficient (Wildman–Crippen LogP) is 1.77. The van der Waals surface area contributed by atoms with Crippen molar-refractivity contribution in [1.82, 2.24) is 20.2 Å². The summed E-state index contributed by atoms with van der Waals surface area (Å²) < 4.78 is 10.3. The van der Waals surface area contributed by atoms with Gasteiger partial charge in [-0.05, 0) is 24.6 Å². The molecule has 12 nitrogen and oxygen atoms in total. The number of nitrogens with one attached hydrogen (secondary N) is 3. The van der Waals surface area contributed by atoms with Crippen LogP contribution in [-0.4, -0.2) is 52.0 Å². The van der Waals surface area contributed by atoms with E-state index in [0.29, 0.717) is 16.6 Å². The lowest BCUT2D eigenvalue weighted by atomic mass is 10.2. The number of rotatable bonds is 9. The number of nitrogens with two attached hydrogens (primary N) is 1. The molecule has 0 radical (unpaired) electrons. The Morgan fingerprint density at radius 2 is 1.94 bits per heavy atom. The van der Waals surface area contributed by atoms with Crippen LogP contribution in [-0.2, 0) is 11.2 Å². The minimum atomic E-state index is -0.657. The number of aromatic nitrogens is 4. The lowest BCUT2D eigenvalue weighted by Gasteiger charge is -2.11. The number of hydrogen-bond donors (Lipinski definition) is 4. The first-order valence-corrected chi connectivity index (χ1v) is 11.3. The quantitative estimate of drug-likeness (QED) is 0.255. The van der Waals surface area contributed by atoms with Crippen LogP contribution >= 0.6 is 23.1 Å². The zero-order valence-corrected chi connectivity index (χ0v) is 19.6. The molecule has 5 N–H and O–H groups in total. The number of methoxy groups -OCH3 is 2. The van der Waals surface area contributed by atoms with E-state index in [1.807, 2.05) is 6.92 Å². The molecule has 2 heterocycles. The third-order valence-corrected chi connectivity index (χ3v) is 6.02. The highest BCUT2D eigenvalue weighted by molar-refractivity contribution is 7.99. The first kappa shape index (κ1) is 24.0. The topological polar surface area (TPSA) is 174 Å². The molecule has 33 heavy (non-hydrogen) atoms. The van der Waals surface area contributed by atoms with Crippen molar-refractivity contribution in [2.75, 3.05) is 36.3 Å². The Balaban J connectivity index is 1.65. The van der Waals surface area contributed by atoms with Crippen LogP contribution in [0.5, 0.6) is 11.5 Å². The zero-order chi connectivity index (χ0) is 24.0. The van der Waals surface area contributed by atoms with Gasteiger partial charge in [0.1, 0.15) is 10.7 Å². The fourth-order valence-corrected chi connectivity index (χ4v) is 3.92. The summed E-state index contributed by atoms with van der Waals surface area (Å²) in [6.07, 6.45) is 0.724. The van der Waals surface area contributed by atoms with E-state index in [4.69, 9.17) is 15.2 Å². The fourth-order valence-electron chi connectivity index (χ4n) is 2.56. The molecule has 14 heteroatoms. The summed E-state index contributed by atoms with van der Waals surface area (Å²) in [5.41, 5.74) is 5.24. The second kappa shape index (κ2) is 10.8. The molecule has 174 valence electrons. The molecule has 0 saturated carbocycles. The van der Waals surface area contributed by atoms with Crippen LogP contribution in [0, 0.1) is 0 Å². The molecule has 0 aliphatic heterocycles. The van der Waals surface area contributed by atoms with Gasteiger partial charge in [-0.2, -0.15) is 0 Å². The van der Waals surface area contributed by atoms with Crippen molar-refractivity contribution >= 4 is 51.5 Å². The highest BCUT2D eigenvalue weighted by Gasteiger charge is 2.17. The van der Waals surface area contributed by atoms with Gasteiger partial charge in [0.05, 0.1) is 20.0 Å². The van der Waals surface area contributed by atoms with E-state index in [1.54, 1.807) is 6.07 Å². The van der Waals surface area contributed by atoms with Crippen molar-refractivity contribution in [2.24, 2.45) is 0 Å². The second-order valence-corrected chi connectivity index (χ2v) is 8.37. The van der Waals surface area contributed by atoms with Crippen LogP contribution in [0.3, 0.4) is 0 Å². The van der Waals surface area contributed by atoms with Crippen LogP contribution in [0.1, 0.15) is 22.3 Å². The number of nitrogen functional groups attached to an aromatic ring is 1. The van der Waals surface area contributed by atoms with Crippen LogP contribution in [0.25, 0.3) is 0 Å². The Labute approximate surface area is 196 Å². The first-order valence-electron chi connectivity index (χ1n) is 9.52. The number of nitrogens with zero attached hydrogens (tertiary/aromatic N) is 3. The van der Waals surface area contributed by atoms with E-state index in [9.17, 15) is 14.4 Å². The van der Waals surface area contributed by atoms with Crippen molar-refractivity contribution in [3.05, 3.63) is 39.1 Å². The van der Waals surface area contributed by atoms with E-state index >= 15 is 0 Å². The molecular formula is C19H21N7O5S2. The van der Waals surface area contributed by atoms with Crippen molar-refractivity contribution < 1.29 is 19.1 Å². The minimum Gasteiger partial charge on any atom is -0.493 e. The summed E-state index contributed by atoms with van der Waals surface area (Å²) in [7, 11) is 2.92. The van der Waals surface area contributed by atoms with E-state index in [2.05, 4.69) is 30.8 Å². The van der Waals surface area contributed by atoms with Gasteiger partial charge in [-0.25, -0.2) is 4.98 Å². The van der Waals surface area contributed by atoms with Gasteiger partial charge in [-0.3, -0.25) is 24.7 Å². The average molecular weight is 492 g/mol. The maximum Gasteiger partial charge on any atom is 0.277 e. The van der Waals surface area contributed by atoms with Gasteiger partial charge in [0.2, 0.25) is 11.0 Å². The predicted molar refractivity (Wildman–Crippen MR) is 125 cm³/mol. The number of carbonyl (C=O) groups is 2. The van der Waals surface area contributed by atoms with Crippen molar-refractivity contribution in [3.8, 4) is 11.5 Å². The molecule has 0 aliphatic rings. The monoisotopic (exact) mass is 491 g/mol. The molecule has 2 aromatic heterocycles. The lowest BCUT2D eigenvalue weighted by Crippen LogP contribution is -2.23. The van der Waals surface area contributed by atoms with Crippen LogP contribution in [0.2, 0.25) is 0 Å². The van der Waals surface area contributed by atoms with E-state index in [0.717, 1.165) is 23.2 Å². The van der Waals surface area contributed by atoms with Gasteiger partial charge >= 0.3 is 0 Å². The lowest BCUT2D eigenvalue weighted by molar-refractivity contribution is -0.113. The number of aryl methyl sites for hydroxylation is 1. The van der Waals surface area contributed by atoms with E-state index < -0.39 is 11.5 Å². The van der Waals surface area contributed by atoms with Crippen molar-refractivity contribution in [1.29, 1.82) is 0 Å². The Kier molecular flexibility index (Phi) is 7.84. The molecule has 3 aromatic rings. The first-order chi connectivity index (χ1) is 15.8. The number of aromatic amines is 1. The van der Waals surface area contributed by atoms with Crippen molar-refractivity contribution in [2.45, 2.75) is 18.5 Å². The van der Waals surface area contributed by atoms with Crippen LogP contribution in [0.4, 0.5) is 16.6 Å². The molecule has 2 amide bonds. The molecule has 0 saturated heterocycles. The number of ether oxygens (including phenoxy) is 2. The Hall–Kier alpha value is -3.65. The van der Waals surface area contributed by atoms with Gasteiger partial charge in [-0.15, -0.1) is 10.2 Å². The normalized spacial score (nSPS) is 10.5. The number of amides is 2. The smallest absolute Gasteiger partial charge is 0.277 e. The molecule has 1 aromatic carbocycles. The van der Waals surface area contributed by atoms with Crippen molar-refractivity contribution in [3.63, 3.8) is 0 Å². The van der Waals surface area contributed by atoms with Gasteiger partial charge in [-0.1, -0.05) is 30.0 Å². The molecule has 0 aliphatic carbocycles. The minimum absolute atomic E-state index is 0.0409. The molecule has 0 atom stereocenters. The number of H-pyrrole nitrogens is 1. The Morgan fingerprint density at radius 3 is 2.58 bits per heavy atom. The Morgan fingerprint density at radius 1 is 1.18 bits per heavy atom. The molecule has 3 rings (SSSR count). The number of carbonyl (C=O) groups excluding carboxylic acids is 2. The summed E-state index contributed by atoms with van der Waals surface area (Å²) in [6.45, 7) is 1.94. The third kappa shape index (κ3) is 5.98. The summed E-state index contributed by atoms with van der Waals surface area (Å²) in [6, 6.07) is 4.55. The summed E-state index contributed by atoms with van der Waals surface area (Å²) >= 11 is 2.26. The second-order valence-electron chi connectivity index (χ2n) is 6.35. The largest absolute Gasteiger partial charge is 0.493 e. The summed E-state index contributed by atoms with van der Waals surface area (Å²) in [5, 5.41) is 14.2. The van der Waals surface area contributed by atoms with Gasteiger partial charge < -0.3 is 20.5 Å². The van der Waals surface area contributed by atoms with E-state index in [1.165, 1.54) is 37.7 Å². The molecule has 0 spiro atoms. The summed E-state index contributed by atoms with van der Waals surface area (Å²) in [5.74, 6) is -0.345. The zero-order valence-electron chi connectivity index (χ0n) is 17.9. The van der Waals surface area contributed by atoms with Gasteiger partial charge in [0.25, 0.3) is 11.5 Å². The van der Waals surface area contributed by atoms with Crippen LogP contribution in [0.15, 0.2) is 28.2 Å². The molecule has 0 unspecified atom stereocenters. The molecule has 0 bridgehead atoms. The average Bonchev–Trinajstić information content (AvgIpc) is 3.26. The standard InChI is InChI=1S/C19H21N7O5S2/c1-4-13-25-26-19(33-13)21-12(27)8-32-18-23-15(20)14(17(29)24-18)22-16(28)9-5-6-10(30-2)11(7-9)31-3/h5-7H,4,8H2,1-3H3,(H,22,28)(H,21,26,27)(H3,20,23,24,29). The highest BCUT2D eigenvalue weighted by atomic mass is 32.2. The SMILES string of the molecule is CCc1nnc(NC(=O)CSc2nc(N)c(NC(=O)c3ccc(OC)c(OC)c3)c(=O)[nH]2)s1. The van der Waals surface area contributed by atoms with E-state index in [-0.39, 0.29) is 33.9 Å². The number of hydrogen-bond acceptors (Lipinski definition) is 11. The Bertz CT molecular complexity index is 1230. The number of thioether (sulfide) groups is 1. The molecular weight excluding hydrogens is 470 g/mol. The van der Waals surface area contributed by atoms with Gasteiger partial charge in [0, 0.05) is 5.56 Å². The molecule has 0 fully saturated rings.